The summed E-state index contributed by atoms with van der Waals surface area (Å²) in [6.07, 6.45) is 4.38. The molecule has 1 N–H and O–H groups in total. The molecule has 0 aliphatic carbocycles. The Bertz CT molecular complexity index is 874. The second kappa shape index (κ2) is 15.1. The van der Waals surface area contributed by atoms with Crippen molar-refractivity contribution in [1.29, 1.82) is 0 Å². The van der Waals surface area contributed by atoms with Crippen LogP contribution >= 0.6 is 20.2 Å². The van der Waals surface area contributed by atoms with Crippen molar-refractivity contribution in [3.8, 4) is 0 Å². The highest BCUT2D eigenvalue weighted by Gasteiger charge is 2.36. The summed E-state index contributed by atoms with van der Waals surface area (Å²) in [5, 5.41) is 2.73. The summed E-state index contributed by atoms with van der Waals surface area (Å²) < 4.78 is 27.7. The van der Waals surface area contributed by atoms with Crippen molar-refractivity contribution in [2.45, 2.75) is 45.1 Å². The van der Waals surface area contributed by atoms with Crippen LogP contribution in [0.1, 0.15) is 38.4 Å². The third-order valence-corrected chi connectivity index (χ3v) is 6.60. The van der Waals surface area contributed by atoms with Gasteiger partial charge in [0.05, 0.1) is 32.5 Å². The summed E-state index contributed by atoms with van der Waals surface area (Å²) in [6, 6.07) is 7.62. The summed E-state index contributed by atoms with van der Waals surface area (Å²) in [7, 11) is 1.71. The number of esters is 1. The first kappa shape index (κ1) is 29.2. The minimum atomic E-state index is -1.46. The zero-order valence-electron chi connectivity index (χ0n) is 20.2. The monoisotopic (exact) mass is 530 g/mol. The van der Waals surface area contributed by atoms with Crippen LogP contribution in [0.15, 0.2) is 36.5 Å². The van der Waals surface area contributed by atoms with Gasteiger partial charge in [0.1, 0.15) is 6.23 Å². The number of amides is 2. The predicted molar refractivity (Wildman–Crippen MR) is 130 cm³/mol. The molecule has 0 saturated carbocycles. The van der Waals surface area contributed by atoms with Crippen LogP contribution in [0.3, 0.4) is 0 Å². The summed E-state index contributed by atoms with van der Waals surface area (Å²) in [5.74, 6) is -0.487. The van der Waals surface area contributed by atoms with Crippen LogP contribution in [0.4, 0.5) is 0 Å². The number of hydrogen-bond acceptors (Lipinski definition) is 9. The highest BCUT2D eigenvalue weighted by molar-refractivity contribution is 7.41. The Hall–Kier alpha value is -2.07. The second-order valence-electron chi connectivity index (χ2n) is 7.96. The number of rotatable bonds is 8. The molecule has 194 valence electrons. The Morgan fingerprint density at radius 1 is 1.37 bits per heavy atom. The van der Waals surface area contributed by atoms with Crippen molar-refractivity contribution in [3.05, 3.63) is 47.1 Å². The van der Waals surface area contributed by atoms with Gasteiger partial charge in [-0.25, -0.2) is 0 Å². The Labute approximate surface area is 211 Å². The number of ether oxygens (including phenoxy) is 2. The van der Waals surface area contributed by atoms with Gasteiger partial charge in [-0.1, -0.05) is 30.7 Å². The fraction of sp³-hybridized carbons (Fsp3) is 0.522. The van der Waals surface area contributed by atoms with E-state index in [9.17, 15) is 14.4 Å². The zero-order chi connectivity index (χ0) is 25.8. The molecule has 2 aliphatic heterocycles. The van der Waals surface area contributed by atoms with Gasteiger partial charge in [-0.05, 0) is 24.1 Å². The third-order valence-electron chi connectivity index (χ3n) is 5.18. The Balaban J connectivity index is 0.000000784. The van der Waals surface area contributed by atoms with Crippen LogP contribution in [0.25, 0.3) is 0 Å². The van der Waals surface area contributed by atoms with Crippen LogP contribution in [-0.4, -0.2) is 62.9 Å². The van der Waals surface area contributed by atoms with Crippen LogP contribution in [0.2, 0.25) is 5.02 Å². The van der Waals surface area contributed by atoms with Crippen LogP contribution < -0.4 is 5.32 Å². The van der Waals surface area contributed by atoms with Gasteiger partial charge < -0.3 is 27.9 Å². The molecule has 1 aromatic carbocycles. The smallest absolute Gasteiger partial charge is 0.333 e. The average molecular weight is 531 g/mol. The van der Waals surface area contributed by atoms with Gasteiger partial charge in [0.2, 0.25) is 6.41 Å². The minimum Gasteiger partial charge on any atom is -0.469 e. The lowest BCUT2D eigenvalue weighted by molar-refractivity contribution is -0.138. The molecule has 2 saturated heterocycles. The third kappa shape index (κ3) is 10.2. The van der Waals surface area contributed by atoms with Crippen molar-refractivity contribution >= 4 is 38.5 Å². The van der Waals surface area contributed by atoms with E-state index in [1.165, 1.54) is 20.1 Å². The van der Waals surface area contributed by atoms with Gasteiger partial charge in [0.25, 0.3) is 5.91 Å². The molecule has 5 atom stereocenters. The number of carbonyl (C=O) groups excluding carboxylic acids is 3. The highest BCUT2D eigenvalue weighted by atomic mass is 35.5. The van der Waals surface area contributed by atoms with E-state index in [2.05, 4.69) is 17.0 Å². The topological polar surface area (TPSA) is 113 Å². The van der Waals surface area contributed by atoms with E-state index in [1.807, 2.05) is 36.2 Å². The first-order chi connectivity index (χ1) is 16.7. The molecule has 10 nitrogen and oxygen atoms in total. The fourth-order valence-electron chi connectivity index (χ4n) is 3.47. The van der Waals surface area contributed by atoms with Crippen molar-refractivity contribution in [2.24, 2.45) is 5.92 Å². The molecule has 2 fully saturated rings. The van der Waals surface area contributed by atoms with Gasteiger partial charge in [-0.15, -0.1) is 0 Å². The van der Waals surface area contributed by atoms with Crippen molar-refractivity contribution in [3.63, 3.8) is 0 Å². The van der Waals surface area contributed by atoms with Gasteiger partial charge in [-0.3, -0.25) is 19.7 Å². The fourth-order valence-corrected chi connectivity index (χ4v) is 4.84. The molecule has 2 amide bonds. The number of nitrogens with one attached hydrogen (secondary N) is 1. The Morgan fingerprint density at radius 2 is 2.11 bits per heavy atom. The quantitative estimate of drug-likeness (QED) is 0.232. The molecular weight excluding hydrogens is 499 g/mol. The lowest BCUT2D eigenvalue weighted by atomic mass is 10.1. The summed E-state index contributed by atoms with van der Waals surface area (Å²) in [5.41, 5.74) is 1.01. The summed E-state index contributed by atoms with van der Waals surface area (Å²) in [4.78, 5) is 33.1. The number of nitrogens with zero attached hydrogens (tertiary/aromatic N) is 1. The lowest BCUT2D eigenvalue weighted by Gasteiger charge is -2.29. The molecule has 3 rings (SSSR count). The lowest BCUT2D eigenvalue weighted by Crippen LogP contribution is -2.32. The van der Waals surface area contributed by atoms with E-state index in [0.29, 0.717) is 24.6 Å². The number of benzene rings is 1. The van der Waals surface area contributed by atoms with Crippen LogP contribution in [0, 0.1) is 5.92 Å². The van der Waals surface area contributed by atoms with Crippen molar-refractivity contribution in [2.75, 3.05) is 27.4 Å². The molecular formula is C23H32ClN2O8P. The number of imide groups is 1. The van der Waals surface area contributed by atoms with Crippen molar-refractivity contribution in [1.82, 2.24) is 10.2 Å². The summed E-state index contributed by atoms with van der Waals surface area (Å²) >= 11 is 6.08. The number of carbonyl (C=O) groups is 3. The predicted octanol–water partition coefficient (Wildman–Crippen LogP) is 3.71. The summed E-state index contributed by atoms with van der Waals surface area (Å²) in [6.45, 7) is 4.36. The largest absolute Gasteiger partial charge is 0.469 e. The van der Waals surface area contributed by atoms with Gasteiger partial charge in [-0.2, -0.15) is 0 Å². The number of halogens is 1. The molecule has 5 unspecified atom stereocenters. The normalized spacial score (nSPS) is 25.9. The Morgan fingerprint density at radius 3 is 2.77 bits per heavy atom. The van der Waals surface area contributed by atoms with Crippen LogP contribution in [0.5, 0.6) is 0 Å². The molecule has 0 aromatic heterocycles. The maximum absolute atomic E-state index is 11.4. The standard InChI is InChI=1S/C20H26ClN2O6P.C3H6O2/c1-14-10-17(28-20(14)23(2)8-6-19(25)22-13-24)12-27-30-26-9-7-18(29-30)15-4-3-5-16(21)11-15;1-3(4)5-2/h3-6,8,11,13-14,17-18,20H,7,9-10,12H2,1-2H3,(H,22,24,25);1-2H3/b8-6-;. The first-order valence-electron chi connectivity index (χ1n) is 11.1. The molecule has 2 heterocycles. The number of methoxy groups -OCH3 is 1. The maximum atomic E-state index is 11.4. The van der Waals surface area contributed by atoms with Gasteiger partial charge >= 0.3 is 14.6 Å². The maximum Gasteiger partial charge on any atom is 0.333 e. The first-order valence-corrected chi connectivity index (χ1v) is 12.5. The zero-order valence-corrected chi connectivity index (χ0v) is 21.9. The molecule has 35 heavy (non-hydrogen) atoms. The molecule has 1 aromatic rings. The average Bonchev–Trinajstić information content (AvgIpc) is 3.22. The molecule has 2 aliphatic rings. The SMILES string of the molecule is CC1CC(COP2OCCC(c3cccc(Cl)c3)O2)OC1N(C)/C=C\C(=O)NC=O.COC(C)=O. The van der Waals surface area contributed by atoms with E-state index in [4.69, 9.17) is 29.9 Å². The molecule has 12 heteroatoms. The molecule has 0 bridgehead atoms. The van der Waals surface area contributed by atoms with Gasteiger partial charge in [0.15, 0.2) is 0 Å². The Kier molecular flexibility index (Phi) is 12.6. The van der Waals surface area contributed by atoms with E-state index in [1.54, 1.807) is 6.20 Å². The van der Waals surface area contributed by atoms with E-state index in [-0.39, 0.29) is 30.3 Å². The minimum absolute atomic E-state index is 0.103. The van der Waals surface area contributed by atoms with E-state index in [0.717, 1.165) is 18.4 Å². The molecule has 0 radical (unpaired) electrons. The van der Waals surface area contributed by atoms with Crippen molar-refractivity contribution < 1.29 is 37.4 Å². The van der Waals surface area contributed by atoms with E-state index < -0.39 is 14.5 Å². The van der Waals surface area contributed by atoms with Gasteiger partial charge in [0, 0.05) is 43.6 Å². The van der Waals surface area contributed by atoms with E-state index >= 15 is 0 Å². The second-order valence-corrected chi connectivity index (χ2v) is 9.57. The molecule has 0 spiro atoms. The van der Waals surface area contributed by atoms with Crippen LogP contribution in [-0.2, 0) is 37.4 Å². The number of hydrogen-bond donors (Lipinski definition) is 1. The highest BCUT2D eigenvalue weighted by Crippen LogP contribution is 2.50.